The smallest absolute Gasteiger partial charge is 0.0103 e. The Balaban J connectivity index is 3.92. The summed E-state index contributed by atoms with van der Waals surface area (Å²) in [6, 6.07) is 0.636. The van der Waals surface area contributed by atoms with Gasteiger partial charge in [-0.1, -0.05) is 20.8 Å². The fraction of sp³-hybridized carbons (Fsp3) is 0.867. The molecule has 0 aliphatic heterocycles. The molecule has 100 valence electrons. The Morgan fingerprint density at radius 3 is 2.35 bits per heavy atom. The van der Waals surface area contributed by atoms with Gasteiger partial charge in [0.2, 0.25) is 0 Å². The normalized spacial score (nSPS) is 12.3. The maximum Gasteiger partial charge on any atom is 0.0103 e. The first-order chi connectivity index (χ1) is 8.28. The standard InChI is InChI=1S/C15H30N2/c1-5-9-10-11-15(16-13-6-2)12-14-17(7-3)8-4/h15-16H,6-8,10-14H2,1-4H3. The highest BCUT2D eigenvalue weighted by atomic mass is 15.1. The van der Waals surface area contributed by atoms with E-state index in [-0.39, 0.29) is 0 Å². The topological polar surface area (TPSA) is 15.3 Å². The van der Waals surface area contributed by atoms with Crippen molar-refractivity contribution < 1.29 is 0 Å². The van der Waals surface area contributed by atoms with Crippen molar-refractivity contribution in [2.45, 2.75) is 59.4 Å². The molecule has 0 aromatic rings. The molecule has 1 unspecified atom stereocenters. The second kappa shape index (κ2) is 12.0. The van der Waals surface area contributed by atoms with Gasteiger partial charge in [0.25, 0.3) is 0 Å². The van der Waals surface area contributed by atoms with Crippen molar-refractivity contribution in [3.05, 3.63) is 0 Å². The summed E-state index contributed by atoms with van der Waals surface area (Å²) in [7, 11) is 0. The molecule has 0 aliphatic rings. The van der Waals surface area contributed by atoms with Crippen LogP contribution in [0.4, 0.5) is 0 Å². The molecule has 0 spiro atoms. The Kier molecular flexibility index (Phi) is 11.6. The molecule has 0 fully saturated rings. The summed E-state index contributed by atoms with van der Waals surface area (Å²) in [5.41, 5.74) is 0. The Hall–Kier alpha value is -0.520. The average molecular weight is 238 g/mol. The molecular weight excluding hydrogens is 208 g/mol. The lowest BCUT2D eigenvalue weighted by molar-refractivity contribution is 0.278. The maximum atomic E-state index is 3.64. The molecule has 0 rings (SSSR count). The average Bonchev–Trinajstić information content (AvgIpc) is 2.36. The molecule has 2 nitrogen and oxygen atoms in total. The molecule has 0 radical (unpaired) electrons. The fourth-order valence-corrected chi connectivity index (χ4v) is 1.95. The van der Waals surface area contributed by atoms with Gasteiger partial charge in [0.15, 0.2) is 0 Å². The second-order valence-corrected chi connectivity index (χ2v) is 4.43. The monoisotopic (exact) mass is 238 g/mol. The zero-order valence-corrected chi connectivity index (χ0v) is 12.2. The minimum atomic E-state index is 0.636. The summed E-state index contributed by atoms with van der Waals surface area (Å²) in [6.07, 6.45) is 4.66. The van der Waals surface area contributed by atoms with Crippen LogP contribution in [-0.2, 0) is 0 Å². The lowest BCUT2D eigenvalue weighted by Crippen LogP contribution is -2.34. The van der Waals surface area contributed by atoms with E-state index in [2.05, 4.69) is 42.8 Å². The van der Waals surface area contributed by atoms with Crippen molar-refractivity contribution in [1.29, 1.82) is 0 Å². The van der Waals surface area contributed by atoms with Crippen LogP contribution >= 0.6 is 0 Å². The molecule has 0 bridgehead atoms. The molecule has 2 heteroatoms. The molecule has 0 heterocycles. The number of rotatable bonds is 10. The summed E-state index contributed by atoms with van der Waals surface area (Å²) < 4.78 is 0. The molecule has 1 N–H and O–H groups in total. The van der Waals surface area contributed by atoms with E-state index in [1.54, 1.807) is 0 Å². The number of nitrogens with one attached hydrogen (secondary N) is 1. The zero-order chi connectivity index (χ0) is 12.9. The van der Waals surface area contributed by atoms with Gasteiger partial charge in [0.1, 0.15) is 0 Å². The summed E-state index contributed by atoms with van der Waals surface area (Å²) >= 11 is 0. The van der Waals surface area contributed by atoms with Gasteiger partial charge in [-0.15, -0.1) is 11.8 Å². The second-order valence-electron chi connectivity index (χ2n) is 4.43. The van der Waals surface area contributed by atoms with Crippen LogP contribution in [0.5, 0.6) is 0 Å². The van der Waals surface area contributed by atoms with Gasteiger partial charge >= 0.3 is 0 Å². The highest BCUT2D eigenvalue weighted by Gasteiger charge is 2.08. The SMILES string of the molecule is CC#CCCC(CCN(CC)CC)NCCC. The van der Waals surface area contributed by atoms with Crippen molar-refractivity contribution in [3.63, 3.8) is 0 Å². The molecule has 0 amide bonds. The van der Waals surface area contributed by atoms with Crippen LogP contribution in [0.2, 0.25) is 0 Å². The van der Waals surface area contributed by atoms with Crippen LogP contribution in [0, 0.1) is 11.8 Å². The van der Waals surface area contributed by atoms with E-state index < -0.39 is 0 Å². The minimum absolute atomic E-state index is 0.636. The van der Waals surface area contributed by atoms with Gasteiger partial charge in [-0.05, 0) is 52.4 Å². The molecule has 0 saturated heterocycles. The maximum absolute atomic E-state index is 3.64. The van der Waals surface area contributed by atoms with Crippen LogP contribution in [0.1, 0.15) is 53.4 Å². The van der Waals surface area contributed by atoms with Gasteiger partial charge in [-0.2, -0.15) is 0 Å². The van der Waals surface area contributed by atoms with Gasteiger partial charge in [0.05, 0.1) is 0 Å². The summed E-state index contributed by atoms with van der Waals surface area (Å²) in [5.74, 6) is 6.15. The number of nitrogens with zero attached hydrogens (tertiary/aromatic N) is 1. The van der Waals surface area contributed by atoms with Crippen LogP contribution in [0.15, 0.2) is 0 Å². The van der Waals surface area contributed by atoms with Crippen LogP contribution in [0.25, 0.3) is 0 Å². The predicted octanol–water partition coefficient (Wildman–Crippen LogP) is 2.89. The zero-order valence-electron chi connectivity index (χ0n) is 12.2. The van der Waals surface area contributed by atoms with E-state index >= 15 is 0 Å². The molecule has 0 aromatic carbocycles. The Morgan fingerprint density at radius 1 is 1.12 bits per heavy atom. The summed E-state index contributed by atoms with van der Waals surface area (Å²) in [5, 5.41) is 3.64. The lowest BCUT2D eigenvalue weighted by atomic mass is 10.1. The van der Waals surface area contributed by atoms with E-state index in [9.17, 15) is 0 Å². The highest BCUT2D eigenvalue weighted by Crippen LogP contribution is 2.04. The first kappa shape index (κ1) is 16.5. The Bertz CT molecular complexity index is 211. The molecule has 0 aliphatic carbocycles. The summed E-state index contributed by atoms with van der Waals surface area (Å²) in [6.45, 7) is 13.3. The highest BCUT2D eigenvalue weighted by molar-refractivity contribution is 4.95. The molecule has 1 atom stereocenters. The molecule has 0 saturated carbocycles. The van der Waals surface area contributed by atoms with Crippen molar-refractivity contribution >= 4 is 0 Å². The number of hydrogen-bond donors (Lipinski definition) is 1. The lowest BCUT2D eigenvalue weighted by Gasteiger charge is -2.23. The van der Waals surface area contributed by atoms with E-state index in [1.807, 2.05) is 6.92 Å². The van der Waals surface area contributed by atoms with Crippen LogP contribution < -0.4 is 5.32 Å². The Morgan fingerprint density at radius 2 is 1.82 bits per heavy atom. The van der Waals surface area contributed by atoms with Crippen molar-refractivity contribution in [1.82, 2.24) is 10.2 Å². The third kappa shape index (κ3) is 9.21. The quantitative estimate of drug-likeness (QED) is 0.589. The van der Waals surface area contributed by atoms with Crippen molar-refractivity contribution in [2.24, 2.45) is 0 Å². The van der Waals surface area contributed by atoms with Gasteiger partial charge in [-0.25, -0.2) is 0 Å². The van der Waals surface area contributed by atoms with E-state index in [4.69, 9.17) is 0 Å². The molecule has 17 heavy (non-hydrogen) atoms. The predicted molar refractivity (Wildman–Crippen MR) is 77.2 cm³/mol. The minimum Gasteiger partial charge on any atom is -0.314 e. The van der Waals surface area contributed by atoms with Crippen molar-refractivity contribution in [2.75, 3.05) is 26.2 Å². The first-order valence-corrected chi connectivity index (χ1v) is 7.13. The van der Waals surface area contributed by atoms with E-state index in [0.29, 0.717) is 6.04 Å². The third-order valence-corrected chi connectivity index (χ3v) is 3.17. The fourth-order valence-electron chi connectivity index (χ4n) is 1.95. The van der Waals surface area contributed by atoms with Crippen LogP contribution in [0.3, 0.4) is 0 Å². The molecular formula is C15H30N2. The molecule has 0 aromatic heterocycles. The summed E-state index contributed by atoms with van der Waals surface area (Å²) in [4.78, 5) is 2.49. The van der Waals surface area contributed by atoms with Gasteiger partial charge in [-0.3, -0.25) is 0 Å². The van der Waals surface area contributed by atoms with Gasteiger partial charge < -0.3 is 10.2 Å². The first-order valence-electron chi connectivity index (χ1n) is 7.13. The third-order valence-electron chi connectivity index (χ3n) is 3.17. The van der Waals surface area contributed by atoms with E-state index in [1.165, 1.54) is 25.8 Å². The van der Waals surface area contributed by atoms with Crippen molar-refractivity contribution in [3.8, 4) is 11.8 Å². The number of hydrogen-bond acceptors (Lipinski definition) is 2. The largest absolute Gasteiger partial charge is 0.314 e. The van der Waals surface area contributed by atoms with E-state index in [0.717, 1.165) is 26.1 Å². The van der Waals surface area contributed by atoms with Crippen LogP contribution in [-0.4, -0.2) is 37.1 Å². The Labute approximate surface area is 108 Å². The van der Waals surface area contributed by atoms with Gasteiger partial charge in [0, 0.05) is 12.5 Å².